The zero-order valence-electron chi connectivity index (χ0n) is 8.78. The number of anilines is 1. The maximum Gasteiger partial charge on any atom is 0.321 e. The molecule has 0 saturated heterocycles. The van der Waals surface area contributed by atoms with E-state index < -0.39 is 0 Å². The van der Waals surface area contributed by atoms with E-state index in [1.54, 1.807) is 25.4 Å². The molecule has 2 aromatic rings. The number of hydrogen-bond donors (Lipinski definition) is 1. The van der Waals surface area contributed by atoms with Crippen molar-refractivity contribution in [2.75, 3.05) is 12.4 Å². The first-order valence-corrected chi connectivity index (χ1v) is 6.16. The van der Waals surface area contributed by atoms with E-state index in [4.69, 9.17) is 9.26 Å². The number of nitrogens with zero attached hydrogens (tertiary/aromatic N) is 2. The molecule has 0 aliphatic carbocycles. The molecule has 2 aromatic heterocycles. The van der Waals surface area contributed by atoms with Gasteiger partial charge < -0.3 is 14.6 Å². The van der Waals surface area contributed by atoms with Gasteiger partial charge in [-0.05, 0) is 28.9 Å². The van der Waals surface area contributed by atoms with Crippen molar-refractivity contribution in [3.8, 4) is 5.06 Å². The normalized spacial score (nSPS) is 10.4. The highest BCUT2D eigenvalue weighted by Gasteiger charge is 2.08. The first kappa shape index (κ1) is 11.4. The molecule has 5 nitrogen and oxygen atoms in total. The van der Waals surface area contributed by atoms with Crippen LogP contribution in [0, 0.1) is 6.92 Å². The molecule has 0 amide bonds. The molecule has 0 bridgehead atoms. The lowest BCUT2D eigenvalue weighted by atomic mass is 10.4. The Labute approximate surface area is 105 Å². The zero-order chi connectivity index (χ0) is 11.5. The SMILES string of the molecule is COc1sc(CNc2nc(C)no2)cc1Br. The van der Waals surface area contributed by atoms with Crippen LogP contribution < -0.4 is 10.1 Å². The predicted molar refractivity (Wildman–Crippen MR) is 64.9 cm³/mol. The maximum atomic E-state index is 5.17. The van der Waals surface area contributed by atoms with E-state index in [1.807, 2.05) is 6.07 Å². The number of aromatic nitrogens is 2. The molecule has 2 rings (SSSR count). The molecule has 0 fully saturated rings. The molecule has 0 spiro atoms. The van der Waals surface area contributed by atoms with E-state index in [0.717, 1.165) is 14.4 Å². The van der Waals surface area contributed by atoms with Crippen molar-refractivity contribution < 1.29 is 9.26 Å². The Morgan fingerprint density at radius 2 is 2.44 bits per heavy atom. The summed E-state index contributed by atoms with van der Waals surface area (Å²) in [6.45, 7) is 2.41. The second kappa shape index (κ2) is 4.84. The van der Waals surface area contributed by atoms with Gasteiger partial charge in [0.05, 0.1) is 18.1 Å². The second-order valence-corrected chi connectivity index (χ2v) is 5.01. The number of aryl methyl sites for hydroxylation is 1. The lowest BCUT2D eigenvalue weighted by molar-refractivity contribution is 0.424. The summed E-state index contributed by atoms with van der Waals surface area (Å²) in [5.74, 6) is 0.618. The van der Waals surface area contributed by atoms with Crippen molar-refractivity contribution in [2.24, 2.45) is 0 Å². The molecule has 86 valence electrons. The minimum atomic E-state index is 0.431. The lowest BCUT2D eigenvalue weighted by Gasteiger charge is -1.96. The summed E-state index contributed by atoms with van der Waals surface area (Å²) < 4.78 is 11.1. The molecule has 0 atom stereocenters. The Bertz CT molecular complexity index is 483. The standard InChI is InChI=1S/C9H10BrN3O2S/c1-5-12-9(15-13-5)11-4-6-3-7(10)8(14-2)16-6/h3H,4H2,1-2H3,(H,11,12,13). The summed E-state index contributed by atoms with van der Waals surface area (Å²) in [6, 6.07) is 2.43. The molecule has 1 N–H and O–H groups in total. The van der Waals surface area contributed by atoms with Crippen LogP contribution in [-0.2, 0) is 6.54 Å². The zero-order valence-corrected chi connectivity index (χ0v) is 11.2. The van der Waals surface area contributed by atoms with E-state index in [1.165, 1.54) is 0 Å². The van der Waals surface area contributed by atoms with Gasteiger partial charge >= 0.3 is 6.01 Å². The van der Waals surface area contributed by atoms with Crippen LogP contribution in [0.2, 0.25) is 0 Å². The summed E-state index contributed by atoms with van der Waals surface area (Å²) in [4.78, 5) is 5.17. The fourth-order valence-electron chi connectivity index (χ4n) is 1.16. The topological polar surface area (TPSA) is 60.2 Å². The summed E-state index contributed by atoms with van der Waals surface area (Å²) >= 11 is 4.98. The summed E-state index contributed by atoms with van der Waals surface area (Å²) in [7, 11) is 1.65. The third kappa shape index (κ3) is 2.53. The molecule has 0 aliphatic heterocycles. The van der Waals surface area contributed by atoms with Crippen LogP contribution >= 0.6 is 27.3 Å². The van der Waals surface area contributed by atoms with Gasteiger partial charge in [-0.1, -0.05) is 5.16 Å². The van der Waals surface area contributed by atoms with Crippen molar-refractivity contribution in [2.45, 2.75) is 13.5 Å². The Hall–Kier alpha value is -1.08. The van der Waals surface area contributed by atoms with Crippen molar-refractivity contribution >= 4 is 33.3 Å². The summed E-state index contributed by atoms with van der Waals surface area (Å²) in [6.07, 6.45) is 0. The number of thiophene rings is 1. The average molecular weight is 304 g/mol. The highest BCUT2D eigenvalue weighted by molar-refractivity contribution is 9.10. The van der Waals surface area contributed by atoms with Gasteiger partial charge in [-0.2, -0.15) is 4.98 Å². The fraction of sp³-hybridized carbons (Fsp3) is 0.333. The van der Waals surface area contributed by atoms with Gasteiger partial charge in [-0.15, -0.1) is 11.3 Å². The molecule has 0 aliphatic rings. The quantitative estimate of drug-likeness (QED) is 0.941. The van der Waals surface area contributed by atoms with E-state index in [0.29, 0.717) is 18.4 Å². The smallest absolute Gasteiger partial charge is 0.321 e. The number of nitrogens with one attached hydrogen (secondary N) is 1. The number of ether oxygens (including phenoxy) is 1. The van der Waals surface area contributed by atoms with E-state index in [9.17, 15) is 0 Å². The van der Waals surface area contributed by atoms with Gasteiger partial charge in [-0.25, -0.2) is 0 Å². The van der Waals surface area contributed by atoms with E-state index >= 15 is 0 Å². The van der Waals surface area contributed by atoms with Crippen LogP contribution in [0.25, 0.3) is 0 Å². The number of hydrogen-bond acceptors (Lipinski definition) is 6. The molecule has 7 heteroatoms. The largest absolute Gasteiger partial charge is 0.486 e. The van der Waals surface area contributed by atoms with Crippen molar-refractivity contribution in [3.05, 3.63) is 21.2 Å². The third-order valence-corrected chi connectivity index (χ3v) is 3.78. The highest BCUT2D eigenvalue weighted by atomic mass is 79.9. The molecule has 0 radical (unpaired) electrons. The molecule has 0 unspecified atom stereocenters. The number of methoxy groups -OCH3 is 1. The minimum Gasteiger partial charge on any atom is -0.486 e. The maximum absolute atomic E-state index is 5.17. The molecular weight excluding hydrogens is 294 g/mol. The first-order valence-electron chi connectivity index (χ1n) is 4.55. The minimum absolute atomic E-state index is 0.431. The Morgan fingerprint density at radius 3 is 3.00 bits per heavy atom. The van der Waals surface area contributed by atoms with Crippen LogP contribution in [0.5, 0.6) is 5.06 Å². The molecule has 0 aromatic carbocycles. The Balaban J connectivity index is 1.99. The van der Waals surface area contributed by atoms with Gasteiger partial charge in [0.1, 0.15) is 0 Å². The van der Waals surface area contributed by atoms with Gasteiger partial charge in [0, 0.05) is 4.88 Å². The highest BCUT2D eigenvalue weighted by Crippen LogP contribution is 2.34. The molecule has 0 saturated carbocycles. The average Bonchev–Trinajstić information content (AvgIpc) is 2.82. The second-order valence-electron chi connectivity index (χ2n) is 3.05. The van der Waals surface area contributed by atoms with Crippen molar-refractivity contribution in [3.63, 3.8) is 0 Å². The van der Waals surface area contributed by atoms with E-state index in [-0.39, 0.29) is 0 Å². The molecule has 2 heterocycles. The van der Waals surface area contributed by atoms with E-state index in [2.05, 4.69) is 31.4 Å². The first-order chi connectivity index (χ1) is 7.69. The third-order valence-electron chi connectivity index (χ3n) is 1.83. The lowest BCUT2D eigenvalue weighted by Crippen LogP contribution is -1.97. The Morgan fingerprint density at radius 1 is 1.62 bits per heavy atom. The summed E-state index contributed by atoms with van der Waals surface area (Å²) in [5.41, 5.74) is 0. The van der Waals surface area contributed by atoms with Gasteiger partial charge in [-0.3, -0.25) is 0 Å². The van der Waals surface area contributed by atoms with Crippen LogP contribution in [0.3, 0.4) is 0 Å². The van der Waals surface area contributed by atoms with Crippen molar-refractivity contribution in [1.29, 1.82) is 0 Å². The summed E-state index contributed by atoms with van der Waals surface area (Å²) in [5, 5.41) is 7.59. The molecular formula is C9H10BrN3O2S. The van der Waals surface area contributed by atoms with Gasteiger partial charge in [0.15, 0.2) is 10.9 Å². The van der Waals surface area contributed by atoms with Crippen LogP contribution in [0.1, 0.15) is 10.7 Å². The van der Waals surface area contributed by atoms with Crippen molar-refractivity contribution in [1.82, 2.24) is 10.1 Å². The Kier molecular flexibility index (Phi) is 3.45. The van der Waals surface area contributed by atoms with Crippen LogP contribution in [0.15, 0.2) is 15.1 Å². The predicted octanol–water partition coefficient (Wildman–Crippen LogP) is 2.82. The van der Waals surface area contributed by atoms with Crippen LogP contribution in [-0.4, -0.2) is 17.3 Å². The molecule has 16 heavy (non-hydrogen) atoms. The number of halogens is 1. The van der Waals surface area contributed by atoms with Gasteiger partial charge in [0.25, 0.3) is 0 Å². The van der Waals surface area contributed by atoms with Gasteiger partial charge in [0.2, 0.25) is 0 Å². The fourth-order valence-corrected chi connectivity index (χ4v) is 2.79. The van der Waals surface area contributed by atoms with Crippen LogP contribution in [0.4, 0.5) is 6.01 Å². The monoisotopic (exact) mass is 303 g/mol. The number of rotatable bonds is 4.